The Bertz CT molecular complexity index is 433. The van der Waals surface area contributed by atoms with Gasteiger partial charge in [0.1, 0.15) is 0 Å². The van der Waals surface area contributed by atoms with Gasteiger partial charge in [-0.1, -0.05) is 19.1 Å². The molecule has 118 valence electrons. The van der Waals surface area contributed by atoms with Crippen molar-refractivity contribution in [2.75, 3.05) is 19.8 Å². The summed E-state index contributed by atoms with van der Waals surface area (Å²) in [4.78, 5) is 10.5. The molecule has 0 fully saturated rings. The molecule has 0 aliphatic rings. The molecule has 0 aromatic heterocycles. The van der Waals surface area contributed by atoms with Crippen LogP contribution in [0.15, 0.2) is 24.3 Å². The second-order valence-electron chi connectivity index (χ2n) is 4.56. The molecule has 1 unspecified atom stereocenters. The van der Waals surface area contributed by atoms with Gasteiger partial charge in [0.05, 0.1) is 4.92 Å². The third kappa shape index (κ3) is 5.79. The predicted octanol–water partition coefficient (Wildman–Crippen LogP) is 3.03. The molecule has 0 saturated carbocycles. The molecule has 1 rings (SSSR count). The normalized spacial score (nSPS) is 12.6. The molecule has 0 amide bonds. The molecule has 0 heterocycles. The van der Waals surface area contributed by atoms with Crippen molar-refractivity contribution in [1.29, 1.82) is 0 Å². The number of nitrogens with zero attached hydrogens (tertiary/aromatic N) is 1. The van der Waals surface area contributed by atoms with Crippen LogP contribution in [-0.2, 0) is 9.47 Å². The van der Waals surface area contributed by atoms with Gasteiger partial charge in [-0.25, -0.2) is 0 Å². The average molecular weight is 296 g/mol. The van der Waals surface area contributed by atoms with Crippen molar-refractivity contribution >= 4 is 5.69 Å². The summed E-state index contributed by atoms with van der Waals surface area (Å²) in [5.41, 5.74) is 1.01. The number of nitrogens with one attached hydrogen (secondary N) is 1. The number of hydrogen-bond acceptors (Lipinski definition) is 5. The van der Waals surface area contributed by atoms with Gasteiger partial charge in [-0.15, -0.1) is 0 Å². The SMILES string of the molecule is CCOC(CNC(CC)c1cccc([N+](=O)[O-])c1)OCC. The third-order valence-electron chi connectivity index (χ3n) is 3.13. The van der Waals surface area contributed by atoms with Gasteiger partial charge in [0.25, 0.3) is 5.69 Å². The van der Waals surface area contributed by atoms with Crippen molar-refractivity contribution in [3.8, 4) is 0 Å². The van der Waals surface area contributed by atoms with E-state index in [1.54, 1.807) is 12.1 Å². The Morgan fingerprint density at radius 1 is 1.24 bits per heavy atom. The lowest BCUT2D eigenvalue weighted by Gasteiger charge is -2.22. The molecular weight excluding hydrogens is 272 g/mol. The first-order valence-electron chi connectivity index (χ1n) is 7.33. The van der Waals surface area contributed by atoms with Gasteiger partial charge < -0.3 is 14.8 Å². The first kappa shape index (κ1) is 17.6. The molecule has 21 heavy (non-hydrogen) atoms. The Labute approximate surface area is 125 Å². The molecular formula is C15H24N2O4. The van der Waals surface area contributed by atoms with Crippen LogP contribution in [-0.4, -0.2) is 31.0 Å². The Balaban J connectivity index is 2.69. The number of non-ortho nitro benzene ring substituents is 1. The van der Waals surface area contributed by atoms with Crippen LogP contribution < -0.4 is 5.32 Å². The summed E-state index contributed by atoms with van der Waals surface area (Å²) in [6.07, 6.45) is 0.527. The topological polar surface area (TPSA) is 73.6 Å². The van der Waals surface area contributed by atoms with Crippen LogP contribution in [0.5, 0.6) is 0 Å². The Morgan fingerprint density at radius 2 is 1.90 bits per heavy atom. The van der Waals surface area contributed by atoms with Gasteiger partial charge in [0.15, 0.2) is 6.29 Å². The summed E-state index contributed by atoms with van der Waals surface area (Å²) >= 11 is 0. The van der Waals surface area contributed by atoms with E-state index < -0.39 is 0 Å². The van der Waals surface area contributed by atoms with Crippen LogP contribution >= 0.6 is 0 Å². The average Bonchev–Trinajstić information content (AvgIpc) is 2.48. The fraction of sp³-hybridized carbons (Fsp3) is 0.600. The van der Waals surface area contributed by atoms with Gasteiger partial charge in [0, 0.05) is 37.9 Å². The molecule has 1 aromatic carbocycles. The molecule has 1 atom stereocenters. The first-order chi connectivity index (χ1) is 10.1. The summed E-state index contributed by atoms with van der Waals surface area (Å²) in [5.74, 6) is 0. The quantitative estimate of drug-likeness (QED) is 0.408. The molecule has 0 saturated heterocycles. The highest BCUT2D eigenvalue weighted by molar-refractivity contribution is 5.35. The van der Waals surface area contributed by atoms with Crippen molar-refractivity contribution in [2.45, 2.75) is 39.5 Å². The van der Waals surface area contributed by atoms with Crippen molar-refractivity contribution < 1.29 is 14.4 Å². The molecule has 6 heteroatoms. The molecule has 0 spiro atoms. The van der Waals surface area contributed by atoms with E-state index in [-0.39, 0.29) is 22.9 Å². The third-order valence-corrected chi connectivity index (χ3v) is 3.13. The maximum absolute atomic E-state index is 10.8. The molecule has 6 nitrogen and oxygen atoms in total. The standard InChI is InChI=1S/C15H24N2O4/c1-4-14(16-11-15(20-5-2)21-6-3)12-8-7-9-13(10-12)17(18)19/h7-10,14-16H,4-6,11H2,1-3H3. The number of rotatable bonds is 10. The van der Waals surface area contributed by atoms with Gasteiger partial charge in [-0.05, 0) is 25.8 Å². The summed E-state index contributed by atoms with van der Waals surface area (Å²) < 4.78 is 11.0. The fourth-order valence-electron chi connectivity index (χ4n) is 2.13. The van der Waals surface area contributed by atoms with E-state index in [1.807, 2.05) is 26.8 Å². The zero-order valence-corrected chi connectivity index (χ0v) is 12.9. The largest absolute Gasteiger partial charge is 0.352 e. The van der Waals surface area contributed by atoms with Crippen molar-refractivity contribution in [1.82, 2.24) is 5.32 Å². The van der Waals surface area contributed by atoms with Crippen LogP contribution in [0.3, 0.4) is 0 Å². The lowest BCUT2D eigenvalue weighted by molar-refractivity contribution is -0.384. The highest BCUT2D eigenvalue weighted by Gasteiger charge is 2.15. The smallest absolute Gasteiger partial charge is 0.269 e. The number of nitro benzene ring substituents is 1. The zero-order chi connectivity index (χ0) is 15.7. The van der Waals surface area contributed by atoms with Gasteiger partial charge in [0.2, 0.25) is 0 Å². The molecule has 1 aromatic rings. The summed E-state index contributed by atoms with van der Waals surface area (Å²) in [6, 6.07) is 6.75. The van der Waals surface area contributed by atoms with Crippen molar-refractivity contribution in [3.05, 3.63) is 39.9 Å². The Hall–Kier alpha value is -1.50. The lowest BCUT2D eigenvalue weighted by atomic mass is 10.0. The minimum atomic E-state index is -0.376. The molecule has 0 aliphatic carbocycles. The summed E-state index contributed by atoms with van der Waals surface area (Å²) in [6.45, 7) is 7.59. The fourth-order valence-corrected chi connectivity index (χ4v) is 2.13. The van der Waals surface area contributed by atoms with Crippen LogP contribution in [0.2, 0.25) is 0 Å². The first-order valence-corrected chi connectivity index (χ1v) is 7.33. The van der Waals surface area contributed by atoms with Crippen LogP contribution in [0.1, 0.15) is 38.8 Å². The van der Waals surface area contributed by atoms with Crippen LogP contribution in [0.25, 0.3) is 0 Å². The minimum absolute atomic E-state index is 0.0355. The lowest BCUT2D eigenvalue weighted by Crippen LogP contribution is -2.34. The van der Waals surface area contributed by atoms with Crippen molar-refractivity contribution in [3.63, 3.8) is 0 Å². The maximum atomic E-state index is 10.8. The number of benzene rings is 1. The number of nitro groups is 1. The van der Waals surface area contributed by atoms with E-state index in [9.17, 15) is 10.1 Å². The van der Waals surface area contributed by atoms with Crippen LogP contribution in [0.4, 0.5) is 5.69 Å². The molecule has 0 aliphatic heterocycles. The summed E-state index contributed by atoms with van der Waals surface area (Å²) in [7, 11) is 0. The molecule has 0 bridgehead atoms. The van der Waals surface area contributed by atoms with E-state index >= 15 is 0 Å². The monoisotopic (exact) mass is 296 g/mol. The van der Waals surface area contributed by atoms with Gasteiger partial charge in [-0.3, -0.25) is 10.1 Å². The minimum Gasteiger partial charge on any atom is -0.352 e. The predicted molar refractivity (Wildman–Crippen MR) is 81.2 cm³/mol. The summed E-state index contributed by atoms with van der Waals surface area (Å²) in [5, 5.41) is 14.2. The zero-order valence-electron chi connectivity index (χ0n) is 12.9. The van der Waals surface area contributed by atoms with E-state index in [4.69, 9.17) is 9.47 Å². The highest BCUT2D eigenvalue weighted by Crippen LogP contribution is 2.21. The number of ether oxygens (including phenoxy) is 2. The second-order valence-corrected chi connectivity index (χ2v) is 4.56. The second kappa shape index (κ2) is 9.44. The van der Waals surface area contributed by atoms with E-state index in [0.29, 0.717) is 19.8 Å². The number of hydrogen-bond donors (Lipinski definition) is 1. The maximum Gasteiger partial charge on any atom is 0.269 e. The molecule has 0 radical (unpaired) electrons. The molecule has 1 N–H and O–H groups in total. The van der Waals surface area contributed by atoms with E-state index in [2.05, 4.69) is 5.32 Å². The van der Waals surface area contributed by atoms with Gasteiger partial charge >= 0.3 is 0 Å². The Kier molecular flexibility index (Phi) is 7.89. The highest BCUT2D eigenvalue weighted by atomic mass is 16.7. The van der Waals surface area contributed by atoms with E-state index in [1.165, 1.54) is 6.07 Å². The van der Waals surface area contributed by atoms with Crippen LogP contribution in [0, 0.1) is 10.1 Å². The van der Waals surface area contributed by atoms with E-state index in [0.717, 1.165) is 12.0 Å². The van der Waals surface area contributed by atoms with Gasteiger partial charge in [-0.2, -0.15) is 0 Å². The Morgan fingerprint density at radius 3 is 2.43 bits per heavy atom. The van der Waals surface area contributed by atoms with Crippen molar-refractivity contribution in [2.24, 2.45) is 0 Å².